The van der Waals surface area contributed by atoms with Crippen molar-refractivity contribution in [2.45, 2.75) is 44.2 Å². The highest BCUT2D eigenvalue weighted by Gasteiger charge is 2.43. The molecule has 0 fully saturated rings. The zero-order chi connectivity index (χ0) is 11.9. The molecule has 0 rings (SSSR count). The Morgan fingerprint density at radius 2 is 1.73 bits per heavy atom. The lowest BCUT2D eigenvalue weighted by Gasteiger charge is -2.32. The Hall–Kier alpha value is -0.370. The molecule has 0 aromatic heterocycles. The van der Waals surface area contributed by atoms with Gasteiger partial charge in [0.05, 0.1) is 5.16 Å². The maximum Gasteiger partial charge on any atom is 0.332 e. The smallest absolute Gasteiger partial charge is 0.324 e. The van der Waals surface area contributed by atoms with Crippen molar-refractivity contribution in [2.75, 3.05) is 0 Å². The highest BCUT2D eigenvalue weighted by molar-refractivity contribution is 7.53. The molecule has 0 heterocycles. The van der Waals surface area contributed by atoms with Crippen molar-refractivity contribution in [1.82, 2.24) is 0 Å². The molecule has 0 amide bonds. The second-order valence-electron chi connectivity index (χ2n) is 3.86. The van der Waals surface area contributed by atoms with Gasteiger partial charge in [-0.15, -0.1) is 13.2 Å². The average molecular weight is 232 g/mol. The standard InChI is InChI=1S/C11H21O3P/c1-4-7-10-11(8-5-2,9-6-3)15(12,13)14/h5-6H,2-4,7-10H2,1H3,(H2,12,13,14). The summed E-state index contributed by atoms with van der Waals surface area (Å²) < 4.78 is 11.5. The fourth-order valence-corrected chi connectivity index (χ4v) is 2.90. The van der Waals surface area contributed by atoms with Crippen LogP contribution in [0.15, 0.2) is 25.3 Å². The van der Waals surface area contributed by atoms with E-state index in [1.165, 1.54) is 0 Å². The van der Waals surface area contributed by atoms with Crippen molar-refractivity contribution in [3.8, 4) is 0 Å². The van der Waals surface area contributed by atoms with E-state index < -0.39 is 12.8 Å². The van der Waals surface area contributed by atoms with Crippen LogP contribution in [-0.4, -0.2) is 14.9 Å². The number of allylic oxidation sites excluding steroid dienone is 2. The molecular formula is C11H21O3P. The fourth-order valence-electron chi connectivity index (χ4n) is 1.71. The Kier molecular flexibility index (Phi) is 6.11. The third-order valence-electron chi connectivity index (χ3n) is 2.66. The van der Waals surface area contributed by atoms with Gasteiger partial charge in [-0.25, -0.2) is 0 Å². The topological polar surface area (TPSA) is 57.5 Å². The number of rotatable bonds is 8. The Bertz CT molecular complexity index is 245. The first kappa shape index (κ1) is 14.6. The van der Waals surface area contributed by atoms with Crippen LogP contribution in [0, 0.1) is 0 Å². The monoisotopic (exact) mass is 232 g/mol. The first-order valence-corrected chi connectivity index (χ1v) is 6.82. The van der Waals surface area contributed by atoms with Crippen molar-refractivity contribution in [2.24, 2.45) is 0 Å². The zero-order valence-corrected chi connectivity index (χ0v) is 10.2. The lowest BCUT2D eigenvalue weighted by molar-refractivity contribution is 0.311. The summed E-state index contributed by atoms with van der Waals surface area (Å²) in [5.41, 5.74) is 0. The molecule has 0 radical (unpaired) electrons. The van der Waals surface area contributed by atoms with Crippen LogP contribution in [-0.2, 0) is 4.57 Å². The zero-order valence-electron chi connectivity index (χ0n) is 9.35. The van der Waals surface area contributed by atoms with E-state index in [2.05, 4.69) is 13.2 Å². The average Bonchev–Trinajstić information content (AvgIpc) is 2.13. The van der Waals surface area contributed by atoms with Crippen LogP contribution < -0.4 is 0 Å². The molecule has 0 aliphatic carbocycles. The van der Waals surface area contributed by atoms with Crippen LogP contribution in [0.4, 0.5) is 0 Å². The Balaban J connectivity index is 4.96. The van der Waals surface area contributed by atoms with Crippen molar-refractivity contribution < 1.29 is 14.4 Å². The molecule has 0 saturated heterocycles. The highest BCUT2D eigenvalue weighted by Crippen LogP contribution is 2.57. The van der Waals surface area contributed by atoms with Crippen LogP contribution >= 0.6 is 7.60 Å². The maximum absolute atomic E-state index is 11.5. The molecule has 15 heavy (non-hydrogen) atoms. The van der Waals surface area contributed by atoms with Gasteiger partial charge in [-0.05, 0) is 19.3 Å². The Morgan fingerprint density at radius 1 is 1.27 bits per heavy atom. The lowest BCUT2D eigenvalue weighted by atomic mass is 9.94. The van der Waals surface area contributed by atoms with Gasteiger partial charge in [0.25, 0.3) is 0 Å². The Morgan fingerprint density at radius 3 is 2.00 bits per heavy atom. The summed E-state index contributed by atoms with van der Waals surface area (Å²) in [4.78, 5) is 18.9. The molecule has 0 aromatic rings. The summed E-state index contributed by atoms with van der Waals surface area (Å²) in [7, 11) is -4.11. The normalized spacial score (nSPS) is 12.5. The van der Waals surface area contributed by atoms with Gasteiger partial charge in [0.15, 0.2) is 0 Å². The number of hydrogen-bond acceptors (Lipinski definition) is 1. The SMILES string of the molecule is C=CCC(CC=C)(CCCC)P(=O)(O)O. The predicted molar refractivity (Wildman–Crippen MR) is 63.9 cm³/mol. The second kappa shape index (κ2) is 6.26. The van der Waals surface area contributed by atoms with E-state index in [9.17, 15) is 14.4 Å². The minimum Gasteiger partial charge on any atom is -0.324 e. The van der Waals surface area contributed by atoms with Gasteiger partial charge in [0.2, 0.25) is 0 Å². The summed E-state index contributed by atoms with van der Waals surface area (Å²) in [5.74, 6) is 0. The van der Waals surface area contributed by atoms with Crippen molar-refractivity contribution in [3.63, 3.8) is 0 Å². The summed E-state index contributed by atoms with van der Waals surface area (Å²) in [6, 6.07) is 0. The third-order valence-corrected chi connectivity index (χ3v) is 4.49. The van der Waals surface area contributed by atoms with Gasteiger partial charge < -0.3 is 9.79 Å². The van der Waals surface area contributed by atoms with Crippen LogP contribution in [0.2, 0.25) is 0 Å². The number of unbranched alkanes of at least 4 members (excludes halogenated alkanes) is 1. The first-order chi connectivity index (χ1) is 6.93. The van der Waals surface area contributed by atoms with E-state index in [0.29, 0.717) is 19.3 Å². The summed E-state index contributed by atoms with van der Waals surface area (Å²) in [6.45, 7) is 9.15. The van der Waals surface area contributed by atoms with E-state index in [1.807, 2.05) is 6.92 Å². The molecule has 0 atom stereocenters. The van der Waals surface area contributed by atoms with E-state index >= 15 is 0 Å². The van der Waals surface area contributed by atoms with Gasteiger partial charge in [0.1, 0.15) is 0 Å². The number of hydrogen-bond donors (Lipinski definition) is 2. The molecule has 0 spiro atoms. The summed E-state index contributed by atoms with van der Waals surface area (Å²) in [6.07, 6.45) is 6.09. The highest BCUT2D eigenvalue weighted by atomic mass is 31.2. The molecule has 0 aliphatic rings. The largest absolute Gasteiger partial charge is 0.332 e. The molecule has 0 aromatic carbocycles. The fraction of sp³-hybridized carbons (Fsp3) is 0.636. The predicted octanol–water partition coefficient (Wildman–Crippen LogP) is 3.25. The molecule has 0 saturated carbocycles. The van der Waals surface area contributed by atoms with Gasteiger partial charge in [-0.3, -0.25) is 4.57 Å². The molecule has 0 aliphatic heterocycles. The molecule has 3 nitrogen and oxygen atoms in total. The van der Waals surface area contributed by atoms with Gasteiger partial charge in [-0.2, -0.15) is 0 Å². The summed E-state index contributed by atoms with van der Waals surface area (Å²) in [5, 5.41) is -0.980. The minimum atomic E-state index is -4.11. The molecule has 0 bridgehead atoms. The van der Waals surface area contributed by atoms with Crippen molar-refractivity contribution in [3.05, 3.63) is 25.3 Å². The van der Waals surface area contributed by atoms with Gasteiger partial charge >= 0.3 is 7.60 Å². The minimum absolute atomic E-state index is 0.337. The van der Waals surface area contributed by atoms with E-state index in [4.69, 9.17) is 0 Å². The van der Waals surface area contributed by atoms with E-state index in [0.717, 1.165) is 12.8 Å². The van der Waals surface area contributed by atoms with Gasteiger partial charge in [0, 0.05) is 0 Å². The van der Waals surface area contributed by atoms with Crippen LogP contribution in [0.3, 0.4) is 0 Å². The third kappa shape index (κ3) is 3.94. The molecule has 88 valence electrons. The van der Waals surface area contributed by atoms with Crippen LogP contribution in [0.25, 0.3) is 0 Å². The molecule has 2 N–H and O–H groups in total. The lowest BCUT2D eigenvalue weighted by Crippen LogP contribution is -2.27. The van der Waals surface area contributed by atoms with Crippen molar-refractivity contribution >= 4 is 7.60 Å². The summed E-state index contributed by atoms with van der Waals surface area (Å²) >= 11 is 0. The molecular weight excluding hydrogens is 211 g/mol. The van der Waals surface area contributed by atoms with Gasteiger partial charge in [-0.1, -0.05) is 31.9 Å². The van der Waals surface area contributed by atoms with Crippen LogP contribution in [0.5, 0.6) is 0 Å². The van der Waals surface area contributed by atoms with E-state index in [-0.39, 0.29) is 0 Å². The quantitative estimate of drug-likeness (QED) is 0.499. The molecule has 4 heteroatoms. The first-order valence-electron chi connectivity index (χ1n) is 5.21. The van der Waals surface area contributed by atoms with Crippen LogP contribution in [0.1, 0.15) is 39.0 Å². The second-order valence-corrected chi connectivity index (χ2v) is 5.89. The van der Waals surface area contributed by atoms with E-state index in [1.54, 1.807) is 12.2 Å². The van der Waals surface area contributed by atoms with Crippen molar-refractivity contribution in [1.29, 1.82) is 0 Å². The molecule has 0 unspecified atom stereocenters. The Labute approximate surface area is 92.1 Å². The maximum atomic E-state index is 11.5.